The Morgan fingerprint density at radius 2 is 1.91 bits per heavy atom. The average Bonchev–Trinajstić information content (AvgIpc) is 3.18. The van der Waals surface area contributed by atoms with Gasteiger partial charge >= 0.3 is 5.97 Å². The van der Waals surface area contributed by atoms with Crippen molar-refractivity contribution in [3.63, 3.8) is 0 Å². The largest absolute Gasteiger partial charge is 0.493 e. The number of carboxylic acids is 1. The Kier molecular flexibility index (Phi) is 8.18. The van der Waals surface area contributed by atoms with E-state index in [9.17, 15) is 19.8 Å². The summed E-state index contributed by atoms with van der Waals surface area (Å²) >= 11 is 1.39. The summed E-state index contributed by atoms with van der Waals surface area (Å²) in [6.45, 7) is 8.19. The summed E-state index contributed by atoms with van der Waals surface area (Å²) in [5, 5.41) is 21.3. The number of aromatic carboxylic acids is 1. The molecule has 0 spiro atoms. The monoisotopic (exact) mass is 471 g/mol. The number of carbonyl (C=O) groups is 2. The first-order valence-corrected chi connectivity index (χ1v) is 11.7. The fourth-order valence-corrected chi connectivity index (χ4v) is 4.54. The van der Waals surface area contributed by atoms with Gasteiger partial charge in [0.15, 0.2) is 5.78 Å². The molecule has 0 unspecified atom stereocenters. The van der Waals surface area contributed by atoms with Crippen LogP contribution in [-0.2, 0) is 11.2 Å². The molecule has 2 aromatic carbocycles. The summed E-state index contributed by atoms with van der Waals surface area (Å²) < 4.78 is 12.5. The Balaban J connectivity index is 1.93. The van der Waals surface area contributed by atoms with E-state index in [1.165, 1.54) is 24.3 Å². The van der Waals surface area contributed by atoms with Crippen molar-refractivity contribution >= 4 is 33.3 Å². The van der Waals surface area contributed by atoms with Crippen LogP contribution in [-0.4, -0.2) is 46.3 Å². The molecule has 0 saturated heterocycles. The third-order valence-electron chi connectivity index (χ3n) is 5.09. The second-order valence-corrected chi connectivity index (χ2v) is 9.34. The lowest BCUT2D eigenvalue weighted by Gasteiger charge is -2.25. The number of nitrogens with zero attached hydrogens (tertiary/aromatic N) is 1. The molecule has 0 radical (unpaired) electrons. The molecule has 3 rings (SSSR count). The van der Waals surface area contributed by atoms with E-state index < -0.39 is 18.2 Å². The van der Waals surface area contributed by atoms with E-state index in [0.717, 1.165) is 4.70 Å². The maximum absolute atomic E-state index is 11.9. The third kappa shape index (κ3) is 5.96. The summed E-state index contributed by atoms with van der Waals surface area (Å²) in [6, 6.07) is 10.1. The molecule has 0 fully saturated rings. The van der Waals surface area contributed by atoms with Gasteiger partial charge in [0, 0.05) is 13.0 Å². The van der Waals surface area contributed by atoms with Crippen LogP contribution >= 0.6 is 11.3 Å². The molecule has 0 bridgehead atoms. The van der Waals surface area contributed by atoms with Gasteiger partial charge in [0.1, 0.15) is 11.9 Å². The molecule has 0 aliphatic carbocycles. The summed E-state index contributed by atoms with van der Waals surface area (Å²) in [5.41, 5.74) is 1.62. The van der Waals surface area contributed by atoms with Crippen LogP contribution in [0.2, 0.25) is 0 Å². The highest BCUT2D eigenvalue weighted by molar-refractivity contribution is 7.18. The first-order chi connectivity index (χ1) is 15.7. The number of rotatable bonds is 11. The molecule has 3 aromatic rings. The van der Waals surface area contributed by atoms with Crippen molar-refractivity contribution in [2.75, 3.05) is 13.2 Å². The number of carbonyl (C=O) groups excluding carboxylic acids is 1. The van der Waals surface area contributed by atoms with Crippen molar-refractivity contribution in [2.45, 2.75) is 46.3 Å². The van der Waals surface area contributed by atoms with Gasteiger partial charge in [0.25, 0.3) is 0 Å². The van der Waals surface area contributed by atoms with Gasteiger partial charge in [-0.2, -0.15) is 0 Å². The minimum Gasteiger partial charge on any atom is -0.493 e. The molecule has 2 atom stereocenters. The molecular formula is C25H29NO6S. The number of ketones is 1. The molecule has 7 nitrogen and oxygen atoms in total. The number of hydrogen-bond acceptors (Lipinski definition) is 7. The minimum atomic E-state index is -1.03. The highest BCUT2D eigenvalue weighted by atomic mass is 32.1. The summed E-state index contributed by atoms with van der Waals surface area (Å²) in [6.07, 6.45) is -1.29. The predicted molar refractivity (Wildman–Crippen MR) is 127 cm³/mol. The van der Waals surface area contributed by atoms with Gasteiger partial charge in [-0.3, -0.25) is 4.79 Å². The van der Waals surface area contributed by atoms with Crippen LogP contribution in [0.4, 0.5) is 0 Å². The van der Waals surface area contributed by atoms with Crippen LogP contribution < -0.4 is 4.74 Å². The lowest BCUT2D eigenvalue weighted by molar-refractivity contribution is -0.0472. The Hall–Kier alpha value is -2.81. The molecule has 0 aliphatic heterocycles. The van der Waals surface area contributed by atoms with Crippen molar-refractivity contribution < 1.29 is 29.3 Å². The lowest BCUT2D eigenvalue weighted by Crippen LogP contribution is -2.26. The van der Waals surface area contributed by atoms with Gasteiger partial charge in [-0.05, 0) is 49.6 Å². The van der Waals surface area contributed by atoms with E-state index in [0.29, 0.717) is 47.0 Å². The fourth-order valence-electron chi connectivity index (χ4n) is 3.51. The number of para-hydroxylation sites is 1. The van der Waals surface area contributed by atoms with Gasteiger partial charge < -0.3 is 19.7 Å². The molecule has 33 heavy (non-hydrogen) atoms. The number of benzene rings is 2. The SMILES string of the molecule is CCOc1cc([C@@H](O)[C@H](Cc2nc3c(C(=O)O)cccc3s2)OCC(C)C)ccc1C(C)=O. The predicted octanol–water partition coefficient (Wildman–Crippen LogP) is 4.91. The number of aromatic nitrogens is 1. The zero-order chi connectivity index (χ0) is 24.1. The number of Topliss-reactive ketones (excluding diaryl/α,β-unsaturated/α-hetero) is 1. The molecule has 1 aromatic heterocycles. The van der Waals surface area contributed by atoms with Crippen LogP contribution in [0, 0.1) is 5.92 Å². The number of aliphatic hydroxyl groups is 1. The Labute approximate surface area is 197 Å². The summed E-state index contributed by atoms with van der Waals surface area (Å²) in [5.74, 6) is -0.460. The first kappa shape index (κ1) is 24.8. The maximum atomic E-state index is 11.9. The Morgan fingerprint density at radius 3 is 2.55 bits per heavy atom. The van der Waals surface area contributed by atoms with E-state index in [1.807, 2.05) is 26.8 Å². The van der Waals surface area contributed by atoms with Crippen LogP contribution in [0.15, 0.2) is 36.4 Å². The number of aliphatic hydroxyl groups excluding tert-OH is 1. The molecule has 2 N–H and O–H groups in total. The van der Waals surface area contributed by atoms with E-state index >= 15 is 0 Å². The number of ether oxygens (including phenoxy) is 2. The molecule has 8 heteroatoms. The zero-order valence-electron chi connectivity index (χ0n) is 19.2. The van der Waals surface area contributed by atoms with Crippen molar-refractivity contribution in [3.05, 3.63) is 58.1 Å². The smallest absolute Gasteiger partial charge is 0.337 e. The second kappa shape index (κ2) is 10.9. The highest BCUT2D eigenvalue weighted by Crippen LogP contribution is 2.31. The Bertz CT molecular complexity index is 1140. The van der Waals surface area contributed by atoms with Gasteiger partial charge in [0.2, 0.25) is 0 Å². The number of fused-ring (bicyclic) bond motifs is 1. The van der Waals surface area contributed by atoms with Gasteiger partial charge in [-0.25, -0.2) is 9.78 Å². The van der Waals surface area contributed by atoms with Crippen molar-refractivity contribution in [3.8, 4) is 5.75 Å². The molecule has 0 amide bonds. The molecule has 176 valence electrons. The minimum absolute atomic E-state index is 0.115. The number of hydrogen-bond donors (Lipinski definition) is 2. The average molecular weight is 472 g/mol. The quantitative estimate of drug-likeness (QED) is 0.383. The maximum Gasteiger partial charge on any atom is 0.337 e. The van der Waals surface area contributed by atoms with E-state index in [2.05, 4.69) is 4.98 Å². The number of carboxylic acid groups (broad SMARTS) is 1. The molecule has 0 aliphatic rings. The highest BCUT2D eigenvalue weighted by Gasteiger charge is 2.26. The topological polar surface area (TPSA) is 106 Å². The summed E-state index contributed by atoms with van der Waals surface area (Å²) in [7, 11) is 0. The van der Waals surface area contributed by atoms with E-state index in [4.69, 9.17) is 9.47 Å². The normalized spacial score (nSPS) is 13.3. The number of thiazole rings is 1. The molecular weight excluding hydrogens is 442 g/mol. The molecule has 1 heterocycles. The van der Waals surface area contributed by atoms with Gasteiger partial charge in [0.05, 0.1) is 39.1 Å². The molecule has 0 saturated carbocycles. The van der Waals surface area contributed by atoms with Crippen molar-refractivity contribution in [1.29, 1.82) is 0 Å². The van der Waals surface area contributed by atoms with Crippen LogP contribution in [0.1, 0.15) is 65.1 Å². The van der Waals surface area contributed by atoms with Gasteiger partial charge in [-0.1, -0.05) is 26.0 Å². The standard InChI is InChI=1S/C25H29NO6S/c1-5-31-19-11-16(9-10-17(19)15(4)27)24(28)20(32-13-14(2)3)12-22-26-23-18(25(29)30)7-6-8-21(23)33-22/h6-11,14,20,24,28H,5,12-13H2,1-4H3,(H,29,30)/t20-,24+/m0/s1. The van der Waals surface area contributed by atoms with E-state index in [-0.39, 0.29) is 17.3 Å². The van der Waals surface area contributed by atoms with Crippen molar-refractivity contribution in [2.24, 2.45) is 5.92 Å². The van der Waals surface area contributed by atoms with E-state index in [1.54, 1.807) is 24.3 Å². The summed E-state index contributed by atoms with van der Waals surface area (Å²) in [4.78, 5) is 28.0. The lowest BCUT2D eigenvalue weighted by atomic mass is 9.99. The van der Waals surface area contributed by atoms with Crippen LogP contribution in [0.3, 0.4) is 0 Å². The van der Waals surface area contributed by atoms with Crippen LogP contribution in [0.5, 0.6) is 5.75 Å². The third-order valence-corrected chi connectivity index (χ3v) is 6.13. The van der Waals surface area contributed by atoms with Crippen molar-refractivity contribution in [1.82, 2.24) is 4.98 Å². The fraction of sp³-hybridized carbons (Fsp3) is 0.400. The second-order valence-electron chi connectivity index (χ2n) is 8.22. The Morgan fingerprint density at radius 1 is 1.15 bits per heavy atom. The zero-order valence-corrected chi connectivity index (χ0v) is 20.0. The van der Waals surface area contributed by atoms with Gasteiger partial charge in [-0.15, -0.1) is 11.3 Å². The van der Waals surface area contributed by atoms with Crippen LogP contribution in [0.25, 0.3) is 10.2 Å². The first-order valence-electron chi connectivity index (χ1n) is 10.9.